The van der Waals surface area contributed by atoms with Gasteiger partial charge in [-0.25, -0.2) is 4.79 Å². The SMILES string of the molecule is COC(=O)C1CCC(C(=O)On2c(O)ccc2O)CC1. The van der Waals surface area contributed by atoms with Crippen LogP contribution < -0.4 is 4.84 Å². The molecule has 0 unspecified atom stereocenters. The largest absolute Gasteiger partial charge is 0.492 e. The monoisotopic (exact) mass is 283 g/mol. The van der Waals surface area contributed by atoms with Crippen molar-refractivity contribution < 1.29 is 29.4 Å². The van der Waals surface area contributed by atoms with Crippen LogP contribution in [0.5, 0.6) is 11.8 Å². The molecule has 0 radical (unpaired) electrons. The minimum atomic E-state index is -0.532. The van der Waals surface area contributed by atoms with E-state index >= 15 is 0 Å². The smallest absolute Gasteiger partial charge is 0.336 e. The molecule has 1 aliphatic carbocycles. The summed E-state index contributed by atoms with van der Waals surface area (Å²) < 4.78 is 5.35. The number of esters is 1. The second-order valence-electron chi connectivity index (χ2n) is 4.83. The second-order valence-corrected chi connectivity index (χ2v) is 4.83. The van der Waals surface area contributed by atoms with Crippen molar-refractivity contribution in [1.29, 1.82) is 0 Å². The molecule has 0 bridgehead atoms. The number of aromatic hydroxyl groups is 2. The van der Waals surface area contributed by atoms with E-state index in [0.717, 1.165) is 0 Å². The molecule has 0 saturated heterocycles. The van der Waals surface area contributed by atoms with Gasteiger partial charge in [-0.15, -0.1) is 4.73 Å². The Balaban J connectivity index is 1.91. The summed E-state index contributed by atoms with van der Waals surface area (Å²) in [7, 11) is 1.35. The zero-order valence-electron chi connectivity index (χ0n) is 11.1. The number of nitrogens with zero attached hydrogens (tertiary/aromatic N) is 1. The summed E-state index contributed by atoms with van der Waals surface area (Å²) in [4.78, 5) is 28.3. The Hall–Kier alpha value is -2.18. The molecular weight excluding hydrogens is 266 g/mol. The molecule has 1 fully saturated rings. The highest BCUT2D eigenvalue weighted by Gasteiger charge is 2.32. The van der Waals surface area contributed by atoms with Crippen molar-refractivity contribution in [2.45, 2.75) is 25.7 Å². The first-order valence-corrected chi connectivity index (χ1v) is 6.42. The summed E-state index contributed by atoms with van der Waals surface area (Å²) in [6.45, 7) is 0. The third-order valence-corrected chi connectivity index (χ3v) is 3.57. The van der Waals surface area contributed by atoms with Crippen LogP contribution in [0.1, 0.15) is 25.7 Å². The predicted octanol–water partition coefficient (Wildman–Crippen LogP) is 0.834. The molecule has 7 heteroatoms. The summed E-state index contributed by atoms with van der Waals surface area (Å²) in [6, 6.07) is 2.44. The van der Waals surface area contributed by atoms with Gasteiger partial charge in [0.25, 0.3) is 0 Å². The van der Waals surface area contributed by atoms with Gasteiger partial charge in [-0.2, -0.15) is 0 Å². The minimum Gasteiger partial charge on any atom is -0.492 e. The maximum atomic E-state index is 11.9. The van der Waals surface area contributed by atoms with Crippen LogP contribution in [0.3, 0.4) is 0 Å². The van der Waals surface area contributed by atoms with Crippen LogP contribution in [0, 0.1) is 11.8 Å². The van der Waals surface area contributed by atoms with E-state index in [9.17, 15) is 19.8 Å². The van der Waals surface area contributed by atoms with Gasteiger partial charge in [0.2, 0.25) is 11.8 Å². The average Bonchev–Trinajstić information content (AvgIpc) is 2.78. The van der Waals surface area contributed by atoms with Crippen molar-refractivity contribution in [2.24, 2.45) is 11.8 Å². The lowest BCUT2D eigenvalue weighted by molar-refractivity contribution is -0.154. The first kappa shape index (κ1) is 14.2. The molecule has 110 valence electrons. The topological polar surface area (TPSA) is 98.0 Å². The van der Waals surface area contributed by atoms with Crippen molar-refractivity contribution in [1.82, 2.24) is 4.73 Å². The van der Waals surface area contributed by atoms with Crippen molar-refractivity contribution in [2.75, 3.05) is 7.11 Å². The van der Waals surface area contributed by atoms with Crippen molar-refractivity contribution in [3.8, 4) is 11.8 Å². The van der Waals surface area contributed by atoms with Gasteiger partial charge in [0, 0.05) is 12.1 Å². The Morgan fingerprint density at radius 3 is 1.95 bits per heavy atom. The molecule has 1 aromatic rings. The molecule has 2 N–H and O–H groups in total. The van der Waals surface area contributed by atoms with Gasteiger partial charge in [0.15, 0.2) is 0 Å². The van der Waals surface area contributed by atoms with E-state index in [4.69, 9.17) is 4.84 Å². The number of methoxy groups -OCH3 is 1. The zero-order chi connectivity index (χ0) is 14.7. The highest BCUT2D eigenvalue weighted by molar-refractivity contribution is 5.75. The maximum Gasteiger partial charge on any atom is 0.336 e. The third kappa shape index (κ3) is 2.87. The molecule has 1 heterocycles. The van der Waals surface area contributed by atoms with E-state index in [1.54, 1.807) is 0 Å². The van der Waals surface area contributed by atoms with Crippen LogP contribution >= 0.6 is 0 Å². The van der Waals surface area contributed by atoms with Crippen LogP contribution in [-0.2, 0) is 14.3 Å². The molecule has 0 atom stereocenters. The van der Waals surface area contributed by atoms with Gasteiger partial charge in [-0.1, -0.05) is 0 Å². The summed E-state index contributed by atoms with van der Waals surface area (Å²) in [5.41, 5.74) is 0. The zero-order valence-corrected chi connectivity index (χ0v) is 11.1. The summed E-state index contributed by atoms with van der Waals surface area (Å²) >= 11 is 0. The number of hydrogen-bond donors (Lipinski definition) is 2. The van der Waals surface area contributed by atoms with Gasteiger partial charge in [-0.05, 0) is 25.7 Å². The van der Waals surface area contributed by atoms with E-state index in [2.05, 4.69) is 4.74 Å². The Labute approximate surface area is 115 Å². The lowest BCUT2D eigenvalue weighted by Gasteiger charge is -2.25. The second kappa shape index (κ2) is 5.85. The predicted molar refractivity (Wildman–Crippen MR) is 66.8 cm³/mol. The van der Waals surface area contributed by atoms with E-state index in [0.29, 0.717) is 30.4 Å². The van der Waals surface area contributed by atoms with E-state index in [-0.39, 0.29) is 29.6 Å². The Kier molecular flexibility index (Phi) is 4.16. The molecule has 0 aliphatic heterocycles. The Morgan fingerprint density at radius 2 is 1.50 bits per heavy atom. The number of aromatic nitrogens is 1. The van der Waals surface area contributed by atoms with Crippen LogP contribution in [0.25, 0.3) is 0 Å². The standard InChI is InChI=1S/C13H17NO6/c1-19-12(17)8-2-4-9(5-3-8)13(18)20-14-10(15)6-7-11(14)16/h6-9,15-16H,2-5H2,1H3. The van der Waals surface area contributed by atoms with Crippen LogP contribution in [0.2, 0.25) is 0 Å². The molecule has 1 saturated carbocycles. The Morgan fingerprint density at radius 1 is 1.05 bits per heavy atom. The summed E-state index contributed by atoms with van der Waals surface area (Å²) in [5, 5.41) is 18.8. The summed E-state index contributed by atoms with van der Waals surface area (Å²) in [5.74, 6) is -2.00. The fourth-order valence-corrected chi connectivity index (χ4v) is 2.39. The van der Waals surface area contributed by atoms with Gasteiger partial charge in [0.1, 0.15) is 0 Å². The molecule has 0 aromatic carbocycles. The van der Waals surface area contributed by atoms with Crippen molar-refractivity contribution in [3.05, 3.63) is 12.1 Å². The lowest BCUT2D eigenvalue weighted by Crippen LogP contribution is -2.31. The first-order chi connectivity index (χ1) is 9.52. The average molecular weight is 283 g/mol. The fraction of sp³-hybridized carbons (Fsp3) is 0.538. The molecule has 20 heavy (non-hydrogen) atoms. The third-order valence-electron chi connectivity index (χ3n) is 3.57. The number of carbonyl (C=O) groups excluding carboxylic acids is 2. The molecular formula is C13H17NO6. The lowest BCUT2D eigenvalue weighted by atomic mass is 9.82. The van der Waals surface area contributed by atoms with Gasteiger partial charge >= 0.3 is 11.9 Å². The quantitative estimate of drug-likeness (QED) is 0.797. The molecule has 0 spiro atoms. The van der Waals surface area contributed by atoms with Gasteiger partial charge in [-0.3, -0.25) is 4.79 Å². The molecule has 1 aromatic heterocycles. The molecule has 1 aliphatic rings. The fourth-order valence-electron chi connectivity index (χ4n) is 2.39. The highest BCUT2D eigenvalue weighted by Crippen LogP contribution is 2.30. The normalized spacial score (nSPS) is 22.2. The minimum absolute atomic E-state index is 0.169. The number of rotatable bonds is 3. The molecule has 2 rings (SSSR count). The Bertz CT molecular complexity index is 481. The maximum absolute atomic E-state index is 11.9. The molecule has 7 nitrogen and oxygen atoms in total. The van der Waals surface area contributed by atoms with E-state index in [1.165, 1.54) is 19.2 Å². The van der Waals surface area contributed by atoms with Crippen LogP contribution in [0.4, 0.5) is 0 Å². The van der Waals surface area contributed by atoms with Crippen LogP contribution in [-0.4, -0.2) is 34.0 Å². The molecule has 0 amide bonds. The number of carbonyl (C=O) groups is 2. The van der Waals surface area contributed by atoms with Gasteiger partial charge in [0.05, 0.1) is 18.9 Å². The van der Waals surface area contributed by atoms with E-state index in [1.807, 2.05) is 0 Å². The number of hydrogen-bond acceptors (Lipinski definition) is 6. The van der Waals surface area contributed by atoms with Crippen molar-refractivity contribution in [3.63, 3.8) is 0 Å². The van der Waals surface area contributed by atoms with Gasteiger partial charge < -0.3 is 19.8 Å². The van der Waals surface area contributed by atoms with Crippen molar-refractivity contribution >= 4 is 11.9 Å². The van der Waals surface area contributed by atoms with E-state index < -0.39 is 5.97 Å². The summed E-state index contributed by atoms with van der Waals surface area (Å²) in [6.07, 6.45) is 2.16. The number of ether oxygens (including phenoxy) is 1. The first-order valence-electron chi connectivity index (χ1n) is 6.42. The van der Waals surface area contributed by atoms with Crippen LogP contribution in [0.15, 0.2) is 12.1 Å². The highest BCUT2D eigenvalue weighted by atomic mass is 16.7.